The molecule has 0 aliphatic heterocycles. The van der Waals surface area contributed by atoms with Gasteiger partial charge in [0, 0.05) is 49.7 Å². The van der Waals surface area contributed by atoms with Crippen molar-refractivity contribution in [3.63, 3.8) is 0 Å². The third-order valence-electron chi connectivity index (χ3n) is 3.11. The zero-order chi connectivity index (χ0) is 15.1. The van der Waals surface area contributed by atoms with Crippen LogP contribution < -0.4 is 10.2 Å². The SMILES string of the molecule is CCNc1cc(N(CC)C(C)COC)cc([N+](=O)[O-])c1. The predicted molar refractivity (Wildman–Crippen MR) is 81.6 cm³/mol. The Bertz CT molecular complexity index is 451. The molecular formula is C14H23N3O3. The zero-order valence-corrected chi connectivity index (χ0v) is 12.5. The maximum absolute atomic E-state index is 11.1. The third kappa shape index (κ3) is 4.09. The summed E-state index contributed by atoms with van der Waals surface area (Å²) in [6, 6.07) is 5.26. The molecule has 6 nitrogen and oxygen atoms in total. The summed E-state index contributed by atoms with van der Waals surface area (Å²) in [5.41, 5.74) is 1.70. The van der Waals surface area contributed by atoms with Crippen molar-refractivity contribution in [2.24, 2.45) is 0 Å². The van der Waals surface area contributed by atoms with Gasteiger partial charge in [-0.3, -0.25) is 10.1 Å². The molecule has 0 spiro atoms. The van der Waals surface area contributed by atoms with Crippen LogP contribution in [0.25, 0.3) is 0 Å². The van der Waals surface area contributed by atoms with Gasteiger partial charge in [0.1, 0.15) is 0 Å². The molecule has 0 amide bonds. The number of ether oxygens (including phenoxy) is 1. The minimum Gasteiger partial charge on any atom is -0.385 e. The summed E-state index contributed by atoms with van der Waals surface area (Å²) < 4.78 is 5.17. The monoisotopic (exact) mass is 281 g/mol. The lowest BCUT2D eigenvalue weighted by Crippen LogP contribution is -2.36. The van der Waals surface area contributed by atoms with Gasteiger partial charge in [0.15, 0.2) is 0 Å². The molecule has 0 aliphatic carbocycles. The second-order valence-electron chi connectivity index (χ2n) is 4.62. The van der Waals surface area contributed by atoms with Crippen LogP contribution in [0.15, 0.2) is 18.2 Å². The van der Waals surface area contributed by atoms with E-state index in [2.05, 4.69) is 10.2 Å². The van der Waals surface area contributed by atoms with Crippen molar-refractivity contribution in [3.8, 4) is 0 Å². The summed E-state index contributed by atoms with van der Waals surface area (Å²) in [5, 5.41) is 14.2. The van der Waals surface area contributed by atoms with Gasteiger partial charge in [0.25, 0.3) is 5.69 Å². The molecule has 0 aromatic heterocycles. The van der Waals surface area contributed by atoms with Crippen molar-refractivity contribution < 1.29 is 9.66 Å². The van der Waals surface area contributed by atoms with Gasteiger partial charge in [-0.05, 0) is 26.8 Å². The highest BCUT2D eigenvalue weighted by Crippen LogP contribution is 2.28. The normalized spacial score (nSPS) is 12.0. The van der Waals surface area contributed by atoms with Crippen LogP contribution in [0.1, 0.15) is 20.8 Å². The van der Waals surface area contributed by atoms with E-state index in [1.54, 1.807) is 19.2 Å². The van der Waals surface area contributed by atoms with E-state index in [9.17, 15) is 10.1 Å². The fourth-order valence-corrected chi connectivity index (χ4v) is 2.25. The van der Waals surface area contributed by atoms with Crippen LogP contribution in [0, 0.1) is 10.1 Å². The highest BCUT2D eigenvalue weighted by Gasteiger charge is 2.17. The van der Waals surface area contributed by atoms with Crippen LogP contribution in [0.5, 0.6) is 0 Å². The highest BCUT2D eigenvalue weighted by molar-refractivity contribution is 5.64. The maximum Gasteiger partial charge on any atom is 0.273 e. The van der Waals surface area contributed by atoms with Gasteiger partial charge >= 0.3 is 0 Å². The summed E-state index contributed by atoms with van der Waals surface area (Å²) in [6.45, 7) is 8.09. The van der Waals surface area contributed by atoms with Gasteiger partial charge in [-0.15, -0.1) is 0 Å². The molecule has 1 rings (SSSR count). The molecule has 0 bridgehead atoms. The van der Waals surface area contributed by atoms with E-state index in [1.165, 1.54) is 0 Å². The number of nitrogens with zero attached hydrogens (tertiary/aromatic N) is 2. The van der Waals surface area contributed by atoms with Gasteiger partial charge in [-0.1, -0.05) is 0 Å². The lowest BCUT2D eigenvalue weighted by Gasteiger charge is -2.30. The molecule has 0 heterocycles. The Labute approximate surface area is 119 Å². The Balaban J connectivity index is 3.15. The van der Waals surface area contributed by atoms with Crippen molar-refractivity contribution >= 4 is 17.1 Å². The van der Waals surface area contributed by atoms with Crippen LogP contribution in [0.3, 0.4) is 0 Å². The Hall–Kier alpha value is -1.82. The quantitative estimate of drug-likeness (QED) is 0.586. The molecule has 1 aromatic rings. The second kappa shape index (κ2) is 7.69. The van der Waals surface area contributed by atoms with Gasteiger partial charge in [-0.25, -0.2) is 0 Å². The van der Waals surface area contributed by atoms with Crippen molar-refractivity contribution in [2.45, 2.75) is 26.8 Å². The molecule has 0 saturated heterocycles. The number of rotatable bonds is 8. The standard InChI is InChI=1S/C14H23N3O3/c1-5-15-12-7-13(9-14(8-12)17(18)19)16(6-2)11(3)10-20-4/h7-9,11,15H,5-6,10H2,1-4H3. The van der Waals surface area contributed by atoms with E-state index in [-0.39, 0.29) is 16.7 Å². The lowest BCUT2D eigenvalue weighted by molar-refractivity contribution is -0.384. The number of hydrogen-bond acceptors (Lipinski definition) is 5. The third-order valence-corrected chi connectivity index (χ3v) is 3.11. The molecule has 0 aliphatic rings. The van der Waals surface area contributed by atoms with Crippen LogP contribution in [0.4, 0.5) is 17.1 Å². The fraction of sp³-hybridized carbons (Fsp3) is 0.571. The van der Waals surface area contributed by atoms with Gasteiger partial charge < -0.3 is 15.0 Å². The van der Waals surface area contributed by atoms with Crippen molar-refractivity contribution in [2.75, 3.05) is 37.0 Å². The minimum atomic E-state index is -0.362. The molecule has 1 N–H and O–H groups in total. The molecule has 6 heteroatoms. The first kappa shape index (κ1) is 16.2. The van der Waals surface area contributed by atoms with E-state index >= 15 is 0 Å². The summed E-state index contributed by atoms with van der Waals surface area (Å²) in [4.78, 5) is 12.8. The zero-order valence-electron chi connectivity index (χ0n) is 12.5. The summed E-state index contributed by atoms with van der Waals surface area (Å²) in [6.07, 6.45) is 0. The van der Waals surface area contributed by atoms with E-state index in [1.807, 2.05) is 26.8 Å². The molecule has 1 aromatic carbocycles. The Kier molecular flexibility index (Phi) is 6.24. The molecule has 20 heavy (non-hydrogen) atoms. The minimum absolute atomic E-state index is 0.0986. The predicted octanol–water partition coefficient (Wildman–Crippen LogP) is 2.89. The number of benzene rings is 1. The maximum atomic E-state index is 11.1. The number of likely N-dealkylation sites (N-methyl/N-ethyl adjacent to an activating group) is 1. The van der Waals surface area contributed by atoms with Gasteiger partial charge in [-0.2, -0.15) is 0 Å². The van der Waals surface area contributed by atoms with Crippen molar-refractivity contribution in [3.05, 3.63) is 28.3 Å². The Morgan fingerprint density at radius 3 is 2.60 bits per heavy atom. The molecule has 0 fully saturated rings. The second-order valence-corrected chi connectivity index (χ2v) is 4.62. The first-order valence-corrected chi connectivity index (χ1v) is 6.82. The molecule has 1 atom stereocenters. The number of hydrogen-bond donors (Lipinski definition) is 1. The van der Waals surface area contributed by atoms with Crippen LogP contribution in [-0.2, 0) is 4.74 Å². The number of nitrogens with one attached hydrogen (secondary N) is 1. The van der Waals surface area contributed by atoms with E-state index in [0.717, 1.165) is 24.5 Å². The summed E-state index contributed by atoms with van der Waals surface area (Å²) in [7, 11) is 1.65. The van der Waals surface area contributed by atoms with Crippen LogP contribution >= 0.6 is 0 Å². The summed E-state index contributed by atoms with van der Waals surface area (Å²) in [5.74, 6) is 0. The van der Waals surface area contributed by atoms with Gasteiger partial charge in [0.05, 0.1) is 11.5 Å². The number of methoxy groups -OCH3 is 1. The number of nitro benzene ring substituents is 1. The first-order valence-electron chi connectivity index (χ1n) is 6.82. The Morgan fingerprint density at radius 2 is 2.10 bits per heavy atom. The van der Waals surface area contributed by atoms with Gasteiger partial charge in [0.2, 0.25) is 0 Å². The molecular weight excluding hydrogens is 258 g/mol. The average molecular weight is 281 g/mol. The first-order chi connectivity index (χ1) is 9.53. The summed E-state index contributed by atoms with van der Waals surface area (Å²) >= 11 is 0. The van der Waals surface area contributed by atoms with Crippen molar-refractivity contribution in [1.29, 1.82) is 0 Å². The van der Waals surface area contributed by atoms with Crippen LogP contribution in [-0.4, -0.2) is 37.8 Å². The fourth-order valence-electron chi connectivity index (χ4n) is 2.25. The highest BCUT2D eigenvalue weighted by atomic mass is 16.6. The molecule has 0 saturated carbocycles. The Morgan fingerprint density at radius 1 is 1.40 bits per heavy atom. The van der Waals surface area contributed by atoms with E-state index < -0.39 is 0 Å². The smallest absolute Gasteiger partial charge is 0.273 e. The molecule has 1 unspecified atom stereocenters. The van der Waals surface area contributed by atoms with Crippen molar-refractivity contribution in [1.82, 2.24) is 0 Å². The average Bonchev–Trinajstić information content (AvgIpc) is 2.40. The van der Waals surface area contributed by atoms with E-state index in [4.69, 9.17) is 4.74 Å². The van der Waals surface area contributed by atoms with E-state index in [0.29, 0.717) is 6.61 Å². The topological polar surface area (TPSA) is 67.6 Å². The lowest BCUT2D eigenvalue weighted by atomic mass is 10.2. The van der Waals surface area contributed by atoms with Crippen LogP contribution in [0.2, 0.25) is 0 Å². The number of nitro groups is 1. The molecule has 112 valence electrons. The number of anilines is 2. The molecule has 0 radical (unpaired) electrons. The largest absolute Gasteiger partial charge is 0.385 e. The number of non-ortho nitro benzene ring substituents is 1.